The van der Waals surface area contributed by atoms with Crippen LogP contribution in [0.25, 0.3) is 0 Å². The molecular weight excluding hydrogens is 354 g/mol. The minimum absolute atomic E-state index is 0.0983. The number of benzene rings is 1. The maximum Gasteiger partial charge on any atom is 0.290 e. The molecule has 1 saturated heterocycles. The van der Waals surface area contributed by atoms with E-state index in [4.69, 9.17) is 0 Å². The summed E-state index contributed by atoms with van der Waals surface area (Å²) in [5, 5.41) is 0. The maximum atomic E-state index is 12.9. The second-order valence-electron chi connectivity index (χ2n) is 7.81. The van der Waals surface area contributed by atoms with Crippen LogP contribution in [0, 0.1) is 0 Å². The van der Waals surface area contributed by atoms with Crippen molar-refractivity contribution < 1.29 is 9.59 Å². The molecule has 1 aromatic heterocycles. The Morgan fingerprint density at radius 1 is 1.14 bits per heavy atom. The molecule has 2 aromatic rings. The average Bonchev–Trinajstić information content (AvgIpc) is 3.15. The van der Waals surface area contributed by atoms with Crippen LogP contribution in [0.2, 0.25) is 0 Å². The second kappa shape index (κ2) is 7.75. The highest BCUT2D eigenvalue weighted by Crippen LogP contribution is 2.19. The maximum absolute atomic E-state index is 12.9. The van der Waals surface area contributed by atoms with Crippen molar-refractivity contribution in [3.8, 4) is 0 Å². The van der Waals surface area contributed by atoms with E-state index in [0.717, 1.165) is 31.5 Å². The molecule has 0 N–H and O–H groups in total. The molecule has 0 unspecified atom stereocenters. The average molecular weight is 381 g/mol. The summed E-state index contributed by atoms with van der Waals surface area (Å²) in [6.07, 6.45) is 3.67. The molecule has 148 valence electrons. The molecule has 2 aliphatic heterocycles. The van der Waals surface area contributed by atoms with E-state index in [1.54, 1.807) is 16.0 Å². The van der Waals surface area contributed by atoms with Gasteiger partial charge in [-0.25, -0.2) is 4.98 Å². The normalized spacial score (nSPS) is 18.2. The zero-order valence-electron chi connectivity index (χ0n) is 16.5. The number of hydrogen-bond donors (Lipinski definition) is 0. The van der Waals surface area contributed by atoms with E-state index in [9.17, 15) is 9.59 Å². The Labute approximate surface area is 165 Å². The molecule has 0 radical (unpaired) electrons. The summed E-state index contributed by atoms with van der Waals surface area (Å²) in [4.78, 5) is 36.1. The van der Waals surface area contributed by atoms with Crippen molar-refractivity contribution in [2.45, 2.75) is 32.0 Å². The van der Waals surface area contributed by atoms with Crippen molar-refractivity contribution in [1.82, 2.24) is 24.3 Å². The van der Waals surface area contributed by atoms with E-state index >= 15 is 0 Å². The fraction of sp³-hybridized carbons (Fsp3) is 0.476. The van der Waals surface area contributed by atoms with Crippen LogP contribution >= 0.6 is 0 Å². The number of hydrogen-bond acceptors (Lipinski definition) is 4. The van der Waals surface area contributed by atoms with Gasteiger partial charge in [-0.05, 0) is 38.5 Å². The van der Waals surface area contributed by atoms with Gasteiger partial charge in [0, 0.05) is 38.9 Å². The van der Waals surface area contributed by atoms with Gasteiger partial charge in [-0.15, -0.1) is 0 Å². The van der Waals surface area contributed by atoms with E-state index in [1.807, 2.05) is 41.9 Å². The first kappa shape index (κ1) is 18.7. The van der Waals surface area contributed by atoms with E-state index in [2.05, 4.69) is 16.9 Å². The molecule has 28 heavy (non-hydrogen) atoms. The number of likely N-dealkylation sites (tertiary alicyclic amines) is 1. The molecule has 0 bridgehead atoms. The Morgan fingerprint density at radius 2 is 1.86 bits per heavy atom. The van der Waals surface area contributed by atoms with Crippen LogP contribution in [-0.2, 0) is 13.1 Å². The number of aromatic nitrogens is 2. The number of amides is 2. The molecule has 1 fully saturated rings. The van der Waals surface area contributed by atoms with Crippen LogP contribution < -0.4 is 0 Å². The molecule has 2 amide bonds. The van der Waals surface area contributed by atoms with Gasteiger partial charge >= 0.3 is 0 Å². The van der Waals surface area contributed by atoms with Crippen molar-refractivity contribution in [3.05, 3.63) is 53.6 Å². The first-order chi connectivity index (χ1) is 13.5. The van der Waals surface area contributed by atoms with Crippen LogP contribution in [0.1, 0.15) is 39.5 Å². The van der Waals surface area contributed by atoms with Crippen molar-refractivity contribution in [2.75, 3.05) is 33.7 Å². The molecule has 4 rings (SSSR count). The third-order valence-electron chi connectivity index (χ3n) is 5.86. The summed E-state index contributed by atoms with van der Waals surface area (Å²) in [7, 11) is 3.95. The smallest absolute Gasteiger partial charge is 0.290 e. The third kappa shape index (κ3) is 3.67. The molecule has 0 saturated carbocycles. The number of fused-ring (bicyclic) bond motifs is 1. The van der Waals surface area contributed by atoms with Gasteiger partial charge in [0.25, 0.3) is 11.8 Å². The topological polar surface area (TPSA) is 61.7 Å². The van der Waals surface area contributed by atoms with Gasteiger partial charge in [0.1, 0.15) is 5.69 Å². The SMILES string of the molecule is CN1CCC(N(C)C(=O)c2cn3c(n2)C(=O)N(Cc2ccccc2)CC3)CC1. The van der Waals surface area contributed by atoms with Crippen molar-refractivity contribution >= 4 is 11.8 Å². The van der Waals surface area contributed by atoms with Crippen molar-refractivity contribution in [2.24, 2.45) is 0 Å². The fourth-order valence-electron chi connectivity index (χ4n) is 4.01. The minimum Gasteiger partial charge on any atom is -0.337 e. The Bertz CT molecular complexity index is 855. The highest BCUT2D eigenvalue weighted by Gasteiger charge is 2.31. The molecule has 7 nitrogen and oxygen atoms in total. The van der Waals surface area contributed by atoms with Crippen molar-refractivity contribution in [3.63, 3.8) is 0 Å². The summed E-state index contributed by atoms with van der Waals surface area (Å²) < 4.78 is 1.82. The molecule has 3 heterocycles. The molecule has 2 aliphatic rings. The van der Waals surface area contributed by atoms with Gasteiger partial charge in [-0.1, -0.05) is 30.3 Å². The lowest BCUT2D eigenvalue weighted by Gasteiger charge is -2.34. The summed E-state index contributed by atoms with van der Waals surface area (Å²) in [6, 6.07) is 10.2. The highest BCUT2D eigenvalue weighted by molar-refractivity contribution is 5.96. The van der Waals surface area contributed by atoms with Crippen LogP contribution in [-0.4, -0.2) is 75.8 Å². The number of carbonyl (C=O) groups is 2. The van der Waals surface area contributed by atoms with Crippen molar-refractivity contribution in [1.29, 1.82) is 0 Å². The molecule has 1 aromatic carbocycles. The van der Waals surface area contributed by atoms with E-state index in [-0.39, 0.29) is 17.9 Å². The largest absolute Gasteiger partial charge is 0.337 e. The third-order valence-corrected chi connectivity index (χ3v) is 5.86. The summed E-state index contributed by atoms with van der Waals surface area (Å²) in [5.74, 6) is 0.150. The number of rotatable bonds is 4. The van der Waals surface area contributed by atoms with Gasteiger partial charge < -0.3 is 19.3 Å². The van der Waals surface area contributed by atoms with Crippen LogP contribution in [0.3, 0.4) is 0 Å². The molecular formula is C21H27N5O2. The first-order valence-electron chi connectivity index (χ1n) is 9.89. The minimum atomic E-state index is -0.115. The number of nitrogens with zero attached hydrogens (tertiary/aromatic N) is 5. The Morgan fingerprint density at radius 3 is 2.57 bits per heavy atom. The second-order valence-corrected chi connectivity index (χ2v) is 7.81. The number of piperidine rings is 1. The standard InChI is InChI=1S/C21H27N5O2/c1-23-10-8-17(9-11-23)24(2)20(27)18-15-25-12-13-26(21(28)19(25)22-18)14-16-6-4-3-5-7-16/h3-7,15,17H,8-14H2,1-2H3. The lowest BCUT2D eigenvalue weighted by atomic mass is 10.0. The summed E-state index contributed by atoms with van der Waals surface area (Å²) in [6.45, 7) is 3.83. The number of carbonyl (C=O) groups excluding carboxylic acids is 2. The summed E-state index contributed by atoms with van der Waals surface area (Å²) in [5.41, 5.74) is 1.46. The summed E-state index contributed by atoms with van der Waals surface area (Å²) >= 11 is 0. The van der Waals surface area contributed by atoms with E-state index in [0.29, 0.717) is 31.2 Å². The molecule has 0 spiro atoms. The van der Waals surface area contributed by atoms with Gasteiger partial charge in [0.2, 0.25) is 0 Å². The quantitative estimate of drug-likeness (QED) is 0.809. The van der Waals surface area contributed by atoms with Gasteiger partial charge in [-0.3, -0.25) is 9.59 Å². The Hall–Kier alpha value is -2.67. The lowest BCUT2D eigenvalue weighted by molar-refractivity contribution is 0.0654. The highest BCUT2D eigenvalue weighted by atomic mass is 16.2. The van der Waals surface area contributed by atoms with E-state index < -0.39 is 0 Å². The van der Waals surface area contributed by atoms with E-state index in [1.165, 1.54) is 0 Å². The van der Waals surface area contributed by atoms with Gasteiger partial charge in [0.15, 0.2) is 5.82 Å². The number of imidazole rings is 1. The zero-order valence-corrected chi connectivity index (χ0v) is 16.5. The fourth-order valence-corrected chi connectivity index (χ4v) is 4.01. The molecule has 7 heteroatoms. The molecule has 0 aliphatic carbocycles. The lowest BCUT2D eigenvalue weighted by Crippen LogP contribution is -2.44. The van der Waals surface area contributed by atoms with Gasteiger partial charge in [0.05, 0.1) is 0 Å². The molecule has 0 atom stereocenters. The predicted octanol–water partition coefficient (Wildman–Crippen LogP) is 1.71. The Kier molecular flexibility index (Phi) is 5.17. The van der Waals surface area contributed by atoms with Crippen LogP contribution in [0.5, 0.6) is 0 Å². The van der Waals surface area contributed by atoms with Crippen LogP contribution in [0.4, 0.5) is 0 Å². The first-order valence-corrected chi connectivity index (χ1v) is 9.89. The van der Waals surface area contributed by atoms with Gasteiger partial charge in [-0.2, -0.15) is 0 Å². The zero-order chi connectivity index (χ0) is 19.7. The predicted molar refractivity (Wildman–Crippen MR) is 106 cm³/mol. The monoisotopic (exact) mass is 381 g/mol. The van der Waals surface area contributed by atoms with Crippen LogP contribution in [0.15, 0.2) is 36.5 Å². The Balaban J connectivity index is 1.47.